The minimum absolute atomic E-state index is 0.265. The second kappa shape index (κ2) is 6.91. The van der Waals surface area contributed by atoms with Gasteiger partial charge in [-0.25, -0.2) is 15.8 Å². The van der Waals surface area contributed by atoms with Gasteiger partial charge in [0.1, 0.15) is 16.7 Å². The molecule has 1 aromatic carbocycles. The molecule has 0 atom stereocenters. The zero-order valence-corrected chi connectivity index (χ0v) is 13.7. The molecule has 0 saturated carbocycles. The van der Waals surface area contributed by atoms with Gasteiger partial charge in [-0.3, -0.25) is 0 Å². The summed E-state index contributed by atoms with van der Waals surface area (Å²) in [5.41, 5.74) is 3.95. The van der Waals surface area contributed by atoms with Crippen LogP contribution in [0.5, 0.6) is 0 Å². The molecule has 0 aliphatic rings. The van der Waals surface area contributed by atoms with Crippen LogP contribution in [0.3, 0.4) is 0 Å². The Labute approximate surface area is 130 Å². The van der Waals surface area contributed by atoms with Crippen LogP contribution in [0.2, 0.25) is 0 Å². The smallest absolute Gasteiger partial charge is 0.144 e. The Balaban J connectivity index is 2.24. The topological polar surface area (TPSA) is 63.8 Å². The van der Waals surface area contributed by atoms with Gasteiger partial charge in [-0.1, -0.05) is 51.6 Å². The van der Waals surface area contributed by atoms with Gasteiger partial charge in [-0.2, -0.15) is 0 Å². The average Bonchev–Trinajstić information content (AvgIpc) is 2.47. The largest absolute Gasteiger partial charge is 0.308 e. The van der Waals surface area contributed by atoms with E-state index >= 15 is 0 Å². The summed E-state index contributed by atoms with van der Waals surface area (Å²) in [4.78, 5) is 10.1. The number of rotatable bonds is 5. The first kappa shape index (κ1) is 15.8. The van der Waals surface area contributed by atoms with Crippen LogP contribution >= 0.6 is 11.8 Å². The van der Waals surface area contributed by atoms with Crippen molar-refractivity contribution in [2.24, 2.45) is 5.84 Å². The molecule has 0 saturated heterocycles. The maximum absolute atomic E-state index is 5.48. The van der Waals surface area contributed by atoms with E-state index in [1.165, 1.54) is 5.56 Å². The molecule has 1 aromatic heterocycles. The summed E-state index contributed by atoms with van der Waals surface area (Å²) in [6, 6.07) is 10.5. The summed E-state index contributed by atoms with van der Waals surface area (Å²) in [5.74, 6) is 7.74. The molecule has 0 amide bonds. The number of hydrogen-bond donors (Lipinski definition) is 2. The monoisotopic (exact) mass is 302 g/mol. The van der Waals surface area contributed by atoms with Crippen molar-refractivity contribution < 1.29 is 0 Å². The third kappa shape index (κ3) is 4.19. The van der Waals surface area contributed by atoms with E-state index in [0.717, 1.165) is 15.7 Å². The van der Waals surface area contributed by atoms with E-state index in [0.29, 0.717) is 11.7 Å². The zero-order chi connectivity index (χ0) is 15.4. The highest BCUT2D eigenvalue weighted by Gasteiger charge is 2.09. The summed E-state index contributed by atoms with van der Waals surface area (Å²) < 4.78 is 0. The second-order valence-corrected chi connectivity index (χ2v) is 6.67. The van der Waals surface area contributed by atoms with Crippen molar-refractivity contribution >= 4 is 17.6 Å². The molecular formula is C16H22N4S. The Morgan fingerprint density at radius 2 is 1.67 bits per heavy atom. The Bertz CT molecular complexity index is 594. The van der Waals surface area contributed by atoms with E-state index in [4.69, 9.17) is 5.84 Å². The Morgan fingerprint density at radius 1 is 1.00 bits per heavy atom. The number of aromatic nitrogens is 2. The standard InChI is InChI=1S/C16H22N4S/c1-10(2)12-5-7-13(8-6-12)21-15-9-14(20-17)18-16(19-15)11(3)4/h5-11H,17H2,1-4H3,(H,18,19,20). The molecule has 112 valence electrons. The van der Waals surface area contributed by atoms with Crippen molar-refractivity contribution in [1.82, 2.24) is 9.97 Å². The third-order valence-electron chi connectivity index (χ3n) is 3.15. The van der Waals surface area contributed by atoms with Gasteiger partial charge < -0.3 is 5.43 Å². The molecule has 0 bridgehead atoms. The second-order valence-electron chi connectivity index (χ2n) is 5.57. The van der Waals surface area contributed by atoms with E-state index in [2.05, 4.69) is 67.4 Å². The first-order chi connectivity index (χ1) is 9.99. The summed E-state index contributed by atoms with van der Waals surface area (Å²) in [7, 11) is 0. The molecule has 1 heterocycles. The number of nitrogen functional groups attached to an aromatic ring is 1. The normalized spacial score (nSPS) is 11.2. The Kier molecular flexibility index (Phi) is 5.20. The number of benzene rings is 1. The summed E-state index contributed by atoms with van der Waals surface area (Å²) in [6.45, 7) is 8.53. The lowest BCUT2D eigenvalue weighted by atomic mass is 10.0. The zero-order valence-electron chi connectivity index (χ0n) is 12.9. The first-order valence-electron chi connectivity index (χ1n) is 7.13. The van der Waals surface area contributed by atoms with Crippen LogP contribution in [0.4, 0.5) is 5.82 Å². The summed E-state index contributed by atoms with van der Waals surface area (Å²) in [5, 5.41) is 0.902. The van der Waals surface area contributed by atoms with Gasteiger partial charge in [0, 0.05) is 16.9 Å². The minimum Gasteiger partial charge on any atom is -0.308 e. The molecule has 0 aliphatic carbocycles. The lowest BCUT2D eigenvalue weighted by Gasteiger charge is -2.10. The molecular weight excluding hydrogens is 280 g/mol. The molecule has 0 radical (unpaired) electrons. The van der Waals surface area contributed by atoms with Crippen molar-refractivity contribution in [1.29, 1.82) is 0 Å². The highest BCUT2D eigenvalue weighted by Crippen LogP contribution is 2.29. The number of hydrazine groups is 1. The SMILES string of the molecule is CC(C)c1ccc(Sc2cc(NN)nc(C(C)C)n2)cc1. The van der Waals surface area contributed by atoms with E-state index in [1.54, 1.807) is 11.8 Å². The lowest BCUT2D eigenvalue weighted by Crippen LogP contribution is -2.11. The lowest BCUT2D eigenvalue weighted by molar-refractivity contribution is 0.754. The predicted molar refractivity (Wildman–Crippen MR) is 88.6 cm³/mol. The molecule has 0 unspecified atom stereocenters. The van der Waals surface area contributed by atoms with Crippen LogP contribution in [0.15, 0.2) is 40.3 Å². The quantitative estimate of drug-likeness (QED) is 0.493. The van der Waals surface area contributed by atoms with Gasteiger partial charge in [0.05, 0.1) is 0 Å². The molecule has 21 heavy (non-hydrogen) atoms. The molecule has 0 spiro atoms. The summed E-state index contributed by atoms with van der Waals surface area (Å²) in [6.07, 6.45) is 0. The highest BCUT2D eigenvalue weighted by molar-refractivity contribution is 7.99. The number of hydrogen-bond acceptors (Lipinski definition) is 5. The minimum atomic E-state index is 0.265. The molecule has 0 fully saturated rings. The van der Waals surface area contributed by atoms with Crippen molar-refractivity contribution in [3.8, 4) is 0 Å². The number of nitrogens with two attached hydrogens (primary N) is 1. The average molecular weight is 302 g/mol. The van der Waals surface area contributed by atoms with Crippen LogP contribution in [0, 0.1) is 0 Å². The van der Waals surface area contributed by atoms with Gasteiger partial charge in [-0.05, 0) is 23.6 Å². The van der Waals surface area contributed by atoms with Crippen LogP contribution in [-0.2, 0) is 0 Å². The summed E-state index contributed by atoms with van der Waals surface area (Å²) >= 11 is 1.62. The van der Waals surface area contributed by atoms with Crippen molar-refractivity contribution in [3.63, 3.8) is 0 Å². The molecule has 3 N–H and O–H groups in total. The van der Waals surface area contributed by atoms with E-state index in [1.807, 2.05) is 6.07 Å². The van der Waals surface area contributed by atoms with Gasteiger partial charge >= 0.3 is 0 Å². The van der Waals surface area contributed by atoms with Crippen molar-refractivity contribution in [3.05, 3.63) is 41.7 Å². The molecule has 5 heteroatoms. The van der Waals surface area contributed by atoms with E-state index in [-0.39, 0.29) is 5.92 Å². The maximum Gasteiger partial charge on any atom is 0.144 e. The van der Waals surface area contributed by atoms with Gasteiger partial charge in [0.15, 0.2) is 0 Å². The van der Waals surface area contributed by atoms with E-state index < -0.39 is 0 Å². The Hall–Kier alpha value is -1.59. The molecule has 4 nitrogen and oxygen atoms in total. The van der Waals surface area contributed by atoms with Crippen LogP contribution in [0.25, 0.3) is 0 Å². The third-order valence-corrected chi connectivity index (χ3v) is 4.08. The number of nitrogens with one attached hydrogen (secondary N) is 1. The van der Waals surface area contributed by atoms with Crippen molar-refractivity contribution in [2.75, 3.05) is 5.43 Å². The number of anilines is 1. The van der Waals surface area contributed by atoms with Crippen LogP contribution in [-0.4, -0.2) is 9.97 Å². The van der Waals surface area contributed by atoms with Gasteiger partial charge in [0.2, 0.25) is 0 Å². The first-order valence-corrected chi connectivity index (χ1v) is 7.94. The number of nitrogens with zero attached hydrogens (tertiary/aromatic N) is 2. The fourth-order valence-electron chi connectivity index (χ4n) is 1.87. The maximum atomic E-state index is 5.48. The Morgan fingerprint density at radius 3 is 2.19 bits per heavy atom. The van der Waals surface area contributed by atoms with Crippen molar-refractivity contribution in [2.45, 2.75) is 49.5 Å². The fraction of sp³-hybridized carbons (Fsp3) is 0.375. The molecule has 2 aromatic rings. The van der Waals surface area contributed by atoms with E-state index in [9.17, 15) is 0 Å². The fourth-order valence-corrected chi connectivity index (χ4v) is 2.69. The van der Waals surface area contributed by atoms with Crippen LogP contribution in [0.1, 0.15) is 50.9 Å². The predicted octanol–water partition coefficient (Wildman–Crippen LogP) is 4.16. The van der Waals surface area contributed by atoms with Crippen LogP contribution < -0.4 is 11.3 Å². The highest BCUT2D eigenvalue weighted by atomic mass is 32.2. The van der Waals surface area contributed by atoms with Gasteiger partial charge in [0.25, 0.3) is 0 Å². The molecule has 0 aliphatic heterocycles. The van der Waals surface area contributed by atoms with Gasteiger partial charge in [-0.15, -0.1) is 0 Å². The molecule has 2 rings (SSSR count).